The number of primary amides is 1. The molecule has 0 spiro atoms. The Balaban J connectivity index is 2.37. The maximum atomic E-state index is 11.3. The smallest absolute Gasteiger partial charge is 0.269 e. The van der Waals surface area contributed by atoms with Crippen LogP contribution in [-0.4, -0.2) is 10.8 Å². The van der Waals surface area contributed by atoms with Gasteiger partial charge in [0.2, 0.25) is 5.91 Å². The molecule has 17 heavy (non-hydrogen) atoms. The normalized spacial score (nSPS) is 18.4. The first-order chi connectivity index (χ1) is 7.97. The third-order valence-electron chi connectivity index (χ3n) is 3.68. The van der Waals surface area contributed by atoms with Crippen LogP contribution in [0.5, 0.6) is 0 Å². The van der Waals surface area contributed by atoms with Gasteiger partial charge in [-0.3, -0.25) is 14.9 Å². The van der Waals surface area contributed by atoms with E-state index in [0.717, 1.165) is 18.4 Å². The van der Waals surface area contributed by atoms with Gasteiger partial charge in [0.1, 0.15) is 0 Å². The number of nitro groups is 1. The lowest BCUT2D eigenvalue weighted by atomic mass is 9.83. The van der Waals surface area contributed by atoms with Crippen molar-refractivity contribution >= 4 is 11.6 Å². The highest BCUT2D eigenvalue weighted by Gasteiger charge is 2.51. The average molecular weight is 234 g/mol. The van der Waals surface area contributed by atoms with Gasteiger partial charge in [-0.2, -0.15) is 0 Å². The Labute approximate surface area is 98.8 Å². The Morgan fingerprint density at radius 2 is 2.18 bits per heavy atom. The quantitative estimate of drug-likeness (QED) is 0.636. The zero-order chi connectivity index (χ0) is 12.6. The van der Waals surface area contributed by atoms with Crippen molar-refractivity contribution in [3.8, 4) is 0 Å². The van der Waals surface area contributed by atoms with Gasteiger partial charge in [0.05, 0.1) is 4.92 Å². The summed E-state index contributed by atoms with van der Waals surface area (Å²) >= 11 is 0. The van der Waals surface area contributed by atoms with Crippen LogP contribution in [0.1, 0.15) is 25.3 Å². The van der Waals surface area contributed by atoms with Crippen LogP contribution < -0.4 is 5.73 Å². The highest BCUT2D eigenvalue weighted by atomic mass is 16.6. The molecule has 1 fully saturated rings. The number of hydrogen-bond acceptors (Lipinski definition) is 3. The van der Waals surface area contributed by atoms with E-state index in [-0.39, 0.29) is 22.9 Å². The molecule has 5 nitrogen and oxygen atoms in total. The van der Waals surface area contributed by atoms with Crippen molar-refractivity contribution in [1.82, 2.24) is 0 Å². The zero-order valence-electron chi connectivity index (χ0n) is 9.55. The summed E-state index contributed by atoms with van der Waals surface area (Å²) in [5.41, 5.74) is 5.95. The van der Waals surface area contributed by atoms with E-state index in [1.165, 1.54) is 6.07 Å². The molecule has 2 rings (SSSR count). The van der Waals surface area contributed by atoms with Gasteiger partial charge < -0.3 is 5.73 Å². The summed E-state index contributed by atoms with van der Waals surface area (Å²) < 4.78 is 0. The molecule has 0 bridgehead atoms. The van der Waals surface area contributed by atoms with Crippen LogP contribution in [0.25, 0.3) is 0 Å². The minimum absolute atomic E-state index is 0.0606. The van der Waals surface area contributed by atoms with Crippen LogP contribution in [0.15, 0.2) is 24.3 Å². The van der Waals surface area contributed by atoms with Crippen LogP contribution in [0.2, 0.25) is 0 Å². The van der Waals surface area contributed by atoms with Crippen molar-refractivity contribution < 1.29 is 9.72 Å². The predicted molar refractivity (Wildman–Crippen MR) is 62.4 cm³/mol. The van der Waals surface area contributed by atoms with Gasteiger partial charge in [0, 0.05) is 23.5 Å². The Morgan fingerprint density at radius 3 is 2.65 bits per heavy atom. The number of non-ortho nitro benzene ring substituents is 1. The first-order valence-electron chi connectivity index (χ1n) is 5.51. The van der Waals surface area contributed by atoms with Crippen LogP contribution >= 0.6 is 0 Å². The summed E-state index contributed by atoms with van der Waals surface area (Å²) in [4.78, 5) is 21.6. The molecule has 1 aromatic carbocycles. The van der Waals surface area contributed by atoms with Crippen molar-refractivity contribution in [2.24, 2.45) is 11.7 Å². The van der Waals surface area contributed by atoms with E-state index in [1.807, 2.05) is 6.07 Å². The highest BCUT2D eigenvalue weighted by molar-refractivity contribution is 5.79. The second kappa shape index (κ2) is 3.84. The fourth-order valence-electron chi connectivity index (χ4n) is 2.31. The average Bonchev–Trinajstić information content (AvgIpc) is 3.09. The van der Waals surface area contributed by atoms with Crippen LogP contribution in [0.3, 0.4) is 0 Å². The van der Waals surface area contributed by atoms with E-state index < -0.39 is 4.92 Å². The van der Waals surface area contributed by atoms with Crippen molar-refractivity contribution in [2.45, 2.75) is 25.2 Å². The number of nitro benzene ring substituents is 1. The monoisotopic (exact) mass is 234 g/mol. The molecule has 0 heterocycles. The molecule has 1 amide bonds. The molecule has 1 saturated carbocycles. The number of amides is 1. The number of hydrogen-bond donors (Lipinski definition) is 1. The van der Waals surface area contributed by atoms with Gasteiger partial charge in [0.25, 0.3) is 5.69 Å². The topological polar surface area (TPSA) is 86.2 Å². The molecule has 1 unspecified atom stereocenters. The third kappa shape index (κ3) is 1.88. The number of benzene rings is 1. The van der Waals surface area contributed by atoms with E-state index >= 15 is 0 Å². The molecule has 0 saturated heterocycles. The lowest BCUT2D eigenvalue weighted by molar-refractivity contribution is -0.384. The van der Waals surface area contributed by atoms with Crippen molar-refractivity contribution in [3.05, 3.63) is 39.9 Å². The van der Waals surface area contributed by atoms with E-state index in [9.17, 15) is 14.9 Å². The molecular formula is C12H14N2O3. The summed E-state index contributed by atoms with van der Waals surface area (Å²) in [6.45, 7) is 1.79. The van der Waals surface area contributed by atoms with E-state index in [1.54, 1.807) is 19.1 Å². The Hall–Kier alpha value is -1.91. The zero-order valence-corrected chi connectivity index (χ0v) is 9.55. The third-order valence-corrected chi connectivity index (χ3v) is 3.68. The summed E-state index contributed by atoms with van der Waals surface area (Å²) in [6.07, 6.45) is 1.72. The number of carbonyl (C=O) groups excluding carboxylic acids is 1. The SMILES string of the molecule is CC(C(N)=O)C1(c2cccc([N+](=O)[O-])c2)CC1. The lowest BCUT2D eigenvalue weighted by Crippen LogP contribution is -2.31. The molecule has 1 atom stereocenters. The van der Waals surface area contributed by atoms with Crippen molar-refractivity contribution in [1.29, 1.82) is 0 Å². The lowest BCUT2D eigenvalue weighted by Gasteiger charge is -2.20. The summed E-state index contributed by atoms with van der Waals surface area (Å²) in [7, 11) is 0. The van der Waals surface area contributed by atoms with E-state index in [4.69, 9.17) is 5.73 Å². The van der Waals surface area contributed by atoms with Gasteiger partial charge >= 0.3 is 0 Å². The van der Waals surface area contributed by atoms with Crippen molar-refractivity contribution in [3.63, 3.8) is 0 Å². The number of nitrogens with zero attached hydrogens (tertiary/aromatic N) is 1. The molecule has 1 aromatic rings. The first-order valence-corrected chi connectivity index (χ1v) is 5.51. The number of rotatable bonds is 4. The molecule has 0 radical (unpaired) electrons. The Morgan fingerprint density at radius 1 is 1.53 bits per heavy atom. The summed E-state index contributed by atoms with van der Waals surface area (Å²) in [5.74, 6) is -0.640. The maximum Gasteiger partial charge on any atom is 0.269 e. The summed E-state index contributed by atoms with van der Waals surface area (Å²) in [5, 5.41) is 10.7. The second-order valence-electron chi connectivity index (χ2n) is 4.59. The largest absolute Gasteiger partial charge is 0.369 e. The highest BCUT2D eigenvalue weighted by Crippen LogP contribution is 2.54. The first kappa shape index (κ1) is 11.6. The molecule has 90 valence electrons. The molecule has 5 heteroatoms. The van der Waals surface area contributed by atoms with Crippen molar-refractivity contribution in [2.75, 3.05) is 0 Å². The second-order valence-corrected chi connectivity index (χ2v) is 4.59. The van der Waals surface area contributed by atoms with Gasteiger partial charge in [-0.25, -0.2) is 0 Å². The van der Waals surface area contributed by atoms with E-state index in [2.05, 4.69) is 0 Å². The number of carbonyl (C=O) groups is 1. The summed E-state index contributed by atoms with van der Waals surface area (Å²) in [6, 6.07) is 6.49. The fraction of sp³-hybridized carbons (Fsp3) is 0.417. The molecular weight excluding hydrogens is 220 g/mol. The van der Waals surface area contributed by atoms with Crippen LogP contribution in [0, 0.1) is 16.0 Å². The van der Waals surface area contributed by atoms with Crippen LogP contribution in [0.4, 0.5) is 5.69 Å². The fourth-order valence-corrected chi connectivity index (χ4v) is 2.31. The van der Waals surface area contributed by atoms with Gasteiger partial charge in [0.15, 0.2) is 0 Å². The molecule has 0 aliphatic heterocycles. The molecule has 1 aliphatic carbocycles. The maximum absolute atomic E-state index is 11.3. The molecule has 0 aromatic heterocycles. The standard InChI is InChI=1S/C12H14N2O3/c1-8(11(13)15)12(5-6-12)9-3-2-4-10(7-9)14(16)17/h2-4,7-8H,5-6H2,1H3,(H2,13,15). The minimum atomic E-state index is -0.422. The minimum Gasteiger partial charge on any atom is -0.369 e. The van der Waals surface area contributed by atoms with E-state index in [0.29, 0.717) is 0 Å². The van der Waals surface area contributed by atoms with Gasteiger partial charge in [-0.15, -0.1) is 0 Å². The number of nitrogens with two attached hydrogens (primary N) is 1. The van der Waals surface area contributed by atoms with Crippen LogP contribution in [-0.2, 0) is 10.2 Å². The van der Waals surface area contributed by atoms with Gasteiger partial charge in [-0.1, -0.05) is 19.1 Å². The predicted octanol–water partition coefficient (Wildman–Crippen LogP) is 1.75. The Kier molecular flexibility index (Phi) is 2.61. The molecule has 1 aliphatic rings. The van der Waals surface area contributed by atoms with Gasteiger partial charge in [-0.05, 0) is 18.4 Å². The Bertz CT molecular complexity index is 480. The molecule has 2 N–H and O–H groups in total.